The van der Waals surface area contributed by atoms with Gasteiger partial charge in [-0.3, -0.25) is 15.0 Å². The van der Waals surface area contributed by atoms with Gasteiger partial charge in [-0.15, -0.1) is 0 Å². The first-order chi connectivity index (χ1) is 19.0. The molecular formula is C32H30N2O3S2. The summed E-state index contributed by atoms with van der Waals surface area (Å²) < 4.78 is 6.55. The number of rotatable bonds is 6. The van der Waals surface area contributed by atoms with Crippen LogP contribution in [0.15, 0.2) is 71.6 Å². The van der Waals surface area contributed by atoms with Crippen molar-refractivity contribution in [2.75, 3.05) is 0 Å². The first kappa shape index (κ1) is 24.9. The molecule has 0 radical (unpaired) electrons. The predicted molar refractivity (Wildman–Crippen MR) is 158 cm³/mol. The van der Waals surface area contributed by atoms with Gasteiger partial charge in [0.25, 0.3) is 5.91 Å². The second kappa shape index (κ2) is 9.79. The highest BCUT2D eigenvalue weighted by molar-refractivity contribution is 8.26. The molecule has 5 fully saturated rings. The third-order valence-corrected chi connectivity index (χ3v) is 10.2. The van der Waals surface area contributed by atoms with E-state index in [-0.39, 0.29) is 17.2 Å². The quantitative estimate of drug-likeness (QED) is 0.266. The number of hydrogen-bond acceptors (Lipinski definition) is 5. The van der Waals surface area contributed by atoms with Crippen LogP contribution >= 0.6 is 24.0 Å². The Balaban J connectivity index is 1.06. The largest absolute Gasteiger partial charge is 0.488 e. The van der Waals surface area contributed by atoms with Gasteiger partial charge in [0.05, 0.1) is 10.3 Å². The van der Waals surface area contributed by atoms with Gasteiger partial charge in [0.15, 0.2) is 4.32 Å². The fourth-order valence-corrected chi connectivity index (χ4v) is 8.71. The molecule has 1 aliphatic heterocycles. The molecule has 1 N–H and O–H groups in total. The minimum atomic E-state index is -0.342. The molecule has 5 nitrogen and oxygen atoms in total. The van der Waals surface area contributed by atoms with Crippen molar-refractivity contribution in [2.45, 2.75) is 45.1 Å². The molecule has 0 spiro atoms. The van der Waals surface area contributed by atoms with Gasteiger partial charge in [0.1, 0.15) is 12.4 Å². The Morgan fingerprint density at radius 3 is 2.38 bits per heavy atom. The lowest BCUT2D eigenvalue weighted by Gasteiger charge is -2.55. The van der Waals surface area contributed by atoms with E-state index in [0.717, 1.165) is 30.4 Å². The van der Waals surface area contributed by atoms with E-state index < -0.39 is 0 Å². The average Bonchev–Trinajstić information content (AvgIpc) is 3.19. The van der Waals surface area contributed by atoms with Crippen molar-refractivity contribution >= 4 is 57.0 Å². The standard InChI is InChI=1S/C32H30N2O3S2/c35-29-28(39-31(38)34(29)33-30(36)32-16-21-11-22(17-32)13-23(12-21)18-32)15-26-7-3-4-8-27(26)37-19-20-9-10-24-5-1-2-6-25(24)14-20/h1-10,14-15,21-23H,11-13,16-19H2,(H,33,36)/b28-15-. The number of amides is 2. The molecule has 7 heteroatoms. The van der Waals surface area contributed by atoms with E-state index in [2.05, 4.69) is 35.8 Å². The lowest BCUT2D eigenvalue weighted by Crippen LogP contribution is -2.57. The summed E-state index contributed by atoms with van der Waals surface area (Å²) in [4.78, 5) is 27.4. The molecule has 39 heavy (non-hydrogen) atoms. The van der Waals surface area contributed by atoms with Crippen molar-refractivity contribution in [3.05, 3.63) is 82.8 Å². The van der Waals surface area contributed by atoms with E-state index in [0.29, 0.717) is 39.3 Å². The molecule has 198 valence electrons. The fourth-order valence-electron chi connectivity index (χ4n) is 7.54. The number of nitrogens with one attached hydrogen (secondary N) is 1. The van der Waals surface area contributed by atoms with Gasteiger partial charge in [-0.1, -0.05) is 66.4 Å². The van der Waals surface area contributed by atoms with Crippen molar-refractivity contribution in [1.29, 1.82) is 0 Å². The molecule has 8 rings (SSSR count). The molecule has 4 aliphatic carbocycles. The summed E-state index contributed by atoms with van der Waals surface area (Å²) in [5.41, 5.74) is 4.46. The first-order valence-corrected chi connectivity index (χ1v) is 15.0. The van der Waals surface area contributed by atoms with Crippen LogP contribution in [0.1, 0.15) is 49.7 Å². The maximum absolute atomic E-state index is 13.6. The summed E-state index contributed by atoms with van der Waals surface area (Å²) in [6, 6.07) is 22.2. The van der Waals surface area contributed by atoms with Gasteiger partial charge in [0, 0.05) is 5.56 Å². The van der Waals surface area contributed by atoms with Gasteiger partial charge in [-0.05, 0) is 103 Å². The summed E-state index contributed by atoms with van der Waals surface area (Å²) in [5.74, 6) is 2.33. The minimum Gasteiger partial charge on any atom is -0.488 e. The van der Waals surface area contributed by atoms with Crippen molar-refractivity contribution < 1.29 is 14.3 Å². The third-order valence-electron chi connectivity index (χ3n) is 8.94. The number of hydrazine groups is 1. The highest BCUT2D eigenvalue weighted by Gasteiger charge is 2.55. The summed E-state index contributed by atoms with van der Waals surface area (Å²) in [5, 5.41) is 3.65. The topological polar surface area (TPSA) is 58.6 Å². The molecule has 0 atom stereocenters. The number of carbonyl (C=O) groups is 2. The molecular weight excluding hydrogens is 524 g/mol. The Bertz CT molecular complexity index is 1500. The van der Waals surface area contributed by atoms with Crippen LogP contribution in [0.4, 0.5) is 0 Å². The van der Waals surface area contributed by atoms with Crippen LogP contribution in [0.2, 0.25) is 0 Å². The number of nitrogens with zero attached hydrogens (tertiary/aromatic N) is 1. The van der Waals surface area contributed by atoms with Gasteiger partial charge < -0.3 is 4.74 Å². The number of thioether (sulfide) groups is 1. The molecule has 0 aromatic heterocycles. The zero-order valence-electron chi connectivity index (χ0n) is 21.6. The Labute approximate surface area is 237 Å². The van der Waals surface area contributed by atoms with Crippen LogP contribution in [0, 0.1) is 23.2 Å². The number of thiocarbonyl (C=S) groups is 1. The van der Waals surface area contributed by atoms with Crippen LogP contribution in [-0.2, 0) is 16.2 Å². The average molecular weight is 555 g/mol. The molecule has 1 heterocycles. The second-order valence-electron chi connectivity index (χ2n) is 11.7. The summed E-state index contributed by atoms with van der Waals surface area (Å²) in [6.07, 6.45) is 8.42. The first-order valence-electron chi connectivity index (χ1n) is 13.7. The van der Waals surface area contributed by atoms with E-state index in [9.17, 15) is 9.59 Å². The zero-order valence-corrected chi connectivity index (χ0v) is 23.2. The lowest BCUT2D eigenvalue weighted by molar-refractivity contribution is -0.152. The third kappa shape index (κ3) is 4.66. The van der Waals surface area contributed by atoms with Crippen LogP contribution < -0.4 is 10.2 Å². The Kier molecular flexibility index (Phi) is 6.24. The molecule has 0 unspecified atom stereocenters. The maximum atomic E-state index is 13.6. The van der Waals surface area contributed by atoms with E-state index in [4.69, 9.17) is 17.0 Å². The van der Waals surface area contributed by atoms with Crippen LogP contribution in [-0.4, -0.2) is 21.1 Å². The van der Waals surface area contributed by atoms with Crippen molar-refractivity contribution in [2.24, 2.45) is 23.2 Å². The number of para-hydroxylation sites is 1. The maximum Gasteiger partial charge on any atom is 0.285 e. The smallest absolute Gasteiger partial charge is 0.285 e. The minimum absolute atomic E-state index is 0.0294. The summed E-state index contributed by atoms with van der Waals surface area (Å²) >= 11 is 6.76. The fraction of sp³-hybridized carbons (Fsp3) is 0.344. The van der Waals surface area contributed by atoms with Crippen molar-refractivity contribution in [1.82, 2.24) is 10.4 Å². The molecule has 1 saturated heterocycles. The number of benzene rings is 3. The Morgan fingerprint density at radius 1 is 0.974 bits per heavy atom. The van der Waals surface area contributed by atoms with Crippen molar-refractivity contribution in [3.63, 3.8) is 0 Å². The molecule has 4 saturated carbocycles. The van der Waals surface area contributed by atoms with E-state index in [1.54, 1.807) is 0 Å². The summed E-state index contributed by atoms with van der Waals surface area (Å²) in [6.45, 7) is 0.414. The Morgan fingerprint density at radius 2 is 1.64 bits per heavy atom. The van der Waals surface area contributed by atoms with E-state index in [1.807, 2.05) is 42.5 Å². The normalized spacial score (nSPS) is 28.5. The van der Waals surface area contributed by atoms with Gasteiger partial charge >= 0.3 is 0 Å². The van der Waals surface area contributed by atoms with Crippen LogP contribution in [0.5, 0.6) is 5.75 Å². The lowest BCUT2D eigenvalue weighted by atomic mass is 9.49. The molecule has 2 amide bonds. The van der Waals surface area contributed by atoms with E-state index >= 15 is 0 Å². The SMILES string of the molecule is O=C1/C(=C/c2ccccc2OCc2ccc3ccccc3c2)SC(=S)N1NC(=O)C12CC3CC(CC(C3)C1)C2. The van der Waals surface area contributed by atoms with Crippen molar-refractivity contribution in [3.8, 4) is 5.75 Å². The van der Waals surface area contributed by atoms with Gasteiger partial charge in [-0.25, -0.2) is 0 Å². The van der Waals surface area contributed by atoms with Gasteiger partial charge in [-0.2, -0.15) is 5.01 Å². The Hall–Kier alpha value is -3.16. The highest BCUT2D eigenvalue weighted by Crippen LogP contribution is 2.60. The molecule has 5 aliphatic rings. The predicted octanol–water partition coefficient (Wildman–Crippen LogP) is 6.87. The molecule has 3 aromatic rings. The monoisotopic (exact) mass is 554 g/mol. The van der Waals surface area contributed by atoms with Crippen LogP contribution in [0.25, 0.3) is 16.8 Å². The zero-order chi connectivity index (χ0) is 26.6. The second-order valence-corrected chi connectivity index (χ2v) is 13.3. The molecule has 3 aromatic carbocycles. The number of fused-ring (bicyclic) bond motifs is 1. The number of hydrogen-bond donors (Lipinski definition) is 1. The highest BCUT2D eigenvalue weighted by atomic mass is 32.2. The number of ether oxygens (including phenoxy) is 1. The van der Waals surface area contributed by atoms with Crippen LogP contribution in [0.3, 0.4) is 0 Å². The van der Waals surface area contributed by atoms with E-state index in [1.165, 1.54) is 46.8 Å². The summed E-state index contributed by atoms with van der Waals surface area (Å²) in [7, 11) is 0. The number of carbonyl (C=O) groups excluding carboxylic acids is 2. The molecule has 4 bridgehead atoms. The van der Waals surface area contributed by atoms with Gasteiger partial charge in [0.2, 0.25) is 5.91 Å².